The van der Waals surface area contributed by atoms with E-state index in [0.29, 0.717) is 12.0 Å². The highest BCUT2D eigenvalue weighted by Crippen LogP contribution is 2.23. The summed E-state index contributed by atoms with van der Waals surface area (Å²) in [5, 5.41) is 3.39. The van der Waals surface area contributed by atoms with E-state index >= 15 is 0 Å². The van der Waals surface area contributed by atoms with Crippen LogP contribution in [0.3, 0.4) is 0 Å². The number of alkyl halides is 3. The standard InChI is InChI=1S/C15H22F3NO/c1-4-12(10-19-11(2)3)9-13-5-7-14(8-6-13)20-15(16,17)18/h5-8,11-12,19H,4,9-10H2,1-3H3. The Labute approximate surface area is 118 Å². The van der Waals surface area contributed by atoms with Crippen molar-refractivity contribution in [3.05, 3.63) is 29.8 Å². The first-order valence-electron chi connectivity index (χ1n) is 6.88. The number of hydrogen-bond acceptors (Lipinski definition) is 2. The zero-order chi connectivity index (χ0) is 15.2. The van der Waals surface area contributed by atoms with Crippen LogP contribution in [0.1, 0.15) is 32.8 Å². The monoisotopic (exact) mass is 289 g/mol. The molecule has 114 valence electrons. The molecule has 0 aliphatic carbocycles. The van der Waals surface area contributed by atoms with Crippen LogP contribution in [0.15, 0.2) is 24.3 Å². The highest BCUT2D eigenvalue weighted by atomic mass is 19.4. The van der Waals surface area contributed by atoms with Gasteiger partial charge in [-0.3, -0.25) is 0 Å². The molecule has 0 radical (unpaired) electrons. The Morgan fingerprint density at radius 1 is 1.15 bits per heavy atom. The number of hydrogen-bond donors (Lipinski definition) is 1. The van der Waals surface area contributed by atoms with Gasteiger partial charge in [-0.1, -0.05) is 39.3 Å². The molecule has 0 spiro atoms. The van der Waals surface area contributed by atoms with Gasteiger partial charge in [0.1, 0.15) is 5.75 Å². The average Bonchev–Trinajstić information content (AvgIpc) is 2.34. The number of rotatable bonds is 7. The maximum Gasteiger partial charge on any atom is 0.573 e. The highest BCUT2D eigenvalue weighted by Gasteiger charge is 2.30. The average molecular weight is 289 g/mol. The Kier molecular flexibility index (Phi) is 6.33. The van der Waals surface area contributed by atoms with Crippen LogP contribution in [0, 0.1) is 5.92 Å². The van der Waals surface area contributed by atoms with Gasteiger partial charge in [-0.15, -0.1) is 13.2 Å². The molecule has 0 aliphatic rings. The lowest BCUT2D eigenvalue weighted by atomic mass is 9.96. The number of ether oxygens (including phenoxy) is 1. The largest absolute Gasteiger partial charge is 0.573 e. The first kappa shape index (κ1) is 16.8. The smallest absolute Gasteiger partial charge is 0.406 e. The molecule has 0 amide bonds. The predicted molar refractivity (Wildman–Crippen MR) is 73.7 cm³/mol. The third kappa shape index (κ3) is 6.80. The molecule has 1 rings (SSSR count). The summed E-state index contributed by atoms with van der Waals surface area (Å²) < 4.78 is 40.0. The van der Waals surface area contributed by atoms with Gasteiger partial charge in [0.2, 0.25) is 0 Å². The summed E-state index contributed by atoms with van der Waals surface area (Å²) >= 11 is 0. The maximum atomic E-state index is 12.1. The Hall–Kier alpha value is -1.23. The van der Waals surface area contributed by atoms with Gasteiger partial charge in [0, 0.05) is 6.04 Å². The summed E-state index contributed by atoms with van der Waals surface area (Å²) in [5.41, 5.74) is 1.02. The summed E-state index contributed by atoms with van der Waals surface area (Å²) in [4.78, 5) is 0. The minimum atomic E-state index is -4.63. The van der Waals surface area contributed by atoms with Crippen LogP contribution >= 0.6 is 0 Å². The second-order valence-electron chi connectivity index (χ2n) is 5.23. The van der Waals surface area contributed by atoms with Crippen molar-refractivity contribution in [3.63, 3.8) is 0 Å². The Balaban J connectivity index is 2.55. The molecule has 0 saturated carbocycles. The van der Waals surface area contributed by atoms with Gasteiger partial charge >= 0.3 is 6.36 Å². The number of nitrogens with one attached hydrogen (secondary N) is 1. The van der Waals surface area contributed by atoms with Crippen molar-refractivity contribution in [2.24, 2.45) is 5.92 Å². The van der Waals surface area contributed by atoms with E-state index in [1.807, 2.05) is 0 Å². The van der Waals surface area contributed by atoms with Crippen LogP contribution < -0.4 is 10.1 Å². The van der Waals surface area contributed by atoms with Crippen LogP contribution in [0.2, 0.25) is 0 Å². The predicted octanol–water partition coefficient (Wildman–Crippen LogP) is 4.15. The van der Waals surface area contributed by atoms with E-state index in [-0.39, 0.29) is 5.75 Å². The molecule has 1 atom stereocenters. The van der Waals surface area contributed by atoms with E-state index in [1.54, 1.807) is 12.1 Å². The third-order valence-corrected chi connectivity index (χ3v) is 3.07. The second kappa shape index (κ2) is 7.53. The van der Waals surface area contributed by atoms with Crippen molar-refractivity contribution in [1.82, 2.24) is 5.32 Å². The van der Waals surface area contributed by atoms with Crippen molar-refractivity contribution in [3.8, 4) is 5.75 Å². The molecule has 1 aromatic carbocycles. The van der Waals surface area contributed by atoms with Crippen LogP contribution in [0.5, 0.6) is 5.75 Å². The molecule has 20 heavy (non-hydrogen) atoms. The summed E-state index contributed by atoms with van der Waals surface area (Å²) in [6, 6.07) is 6.56. The topological polar surface area (TPSA) is 21.3 Å². The quantitative estimate of drug-likeness (QED) is 0.814. The lowest BCUT2D eigenvalue weighted by Gasteiger charge is -2.18. The molecule has 1 unspecified atom stereocenters. The Morgan fingerprint density at radius 3 is 2.20 bits per heavy atom. The molecule has 0 saturated heterocycles. The van der Waals surface area contributed by atoms with Crippen molar-refractivity contribution < 1.29 is 17.9 Å². The molecule has 0 fully saturated rings. The fraction of sp³-hybridized carbons (Fsp3) is 0.600. The van der Waals surface area contributed by atoms with Crippen LogP contribution in [0.25, 0.3) is 0 Å². The number of halogens is 3. The van der Waals surface area contributed by atoms with E-state index in [2.05, 4.69) is 30.8 Å². The third-order valence-electron chi connectivity index (χ3n) is 3.07. The van der Waals surface area contributed by atoms with E-state index in [1.165, 1.54) is 12.1 Å². The van der Waals surface area contributed by atoms with Gasteiger partial charge in [0.05, 0.1) is 0 Å². The van der Waals surface area contributed by atoms with Gasteiger partial charge in [0.15, 0.2) is 0 Å². The summed E-state index contributed by atoms with van der Waals surface area (Å²) in [6.45, 7) is 7.22. The van der Waals surface area contributed by atoms with E-state index in [0.717, 1.165) is 24.9 Å². The van der Waals surface area contributed by atoms with Crippen LogP contribution in [0.4, 0.5) is 13.2 Å². The van der Waals surface area contributed by atoms with E-state index < -0.39 is 6.36 Å². The van der Waals surface area contributed by atoms with Gasteiger partial charge in [-0.05, 0) is 36.6 Å². The van der Waals surface area contributed by atoms with Crippen molar-refractivity contribution in [2.75, 3.05) is 6.54 Å². The lowest BCUT2D eigenvalue weighted by molar-refractivity contribution is -0.274. The zero-order valence-electron chi connectivity index (χ0n) is 12.1. The van der Waals surface area contributed by atoms with Crippen molar-refractivity contribution in [1.29, 1.82) is 0 Å². The van der Waals surface area contributed by atoms with Gasteiger partial charge in [-0.25, -0.2) is 0 Å². The summed E-state index contributed by atoms with van der Waals surface area (Å²) in [7, 11) is 0. The van der Waals surface area contributed by atoms with Crippen molar-refractivity contribution >= 4 is 0 Å². The van der Waals surface area contributed by atoms with E-state index in [9.17, 15) is 13.2 Å². The molecule has 0 aromatic heterocycles. The van der Waals surface area contributed by atoms with Crippen molar-refractivity contribution in [2.45, 2.75) is 46.0 Å². The van der Waals surface area contributed by atoms with Crippen LogP contribution in [-0.4, -0.2) is 18.9 Å². The zero-order valence-corrected chi connectivity index (χ0v) is 12.1. The molecular formula is C15H22F3NO. The Bertz CT molecular complexity index is 387. The molecule has 0 aliphatic heterocycles. The highest BCUT2D eigenvalue weighted by molar-refractivity contribution is 5.27. The minimum absolute atomic E-state index is 0.172. The SMILES string of the molecule is CCC(CNC(C)C)Cc1ccc(OC(F)(F)F)cc1. The normalized spacial score (nSPS) is 13.6. The summed E-state index contributed by atoms with van der Waals surface area (Å²) in [5.74, 6) is 0.307. The van der Waals surface area contributed by atoms with E-state index in [4.69, 9.17) is 0 Å². The van der Waals surface area contributed by atoms with Gasteiger partial charge in [-0.2, -0.15) is 0 Å². The van der Waals surface area contributed by atoms with Gasteiger partial charge in [0.25, 0.3) is 0 Å². The first-order chi connectivity index (χ1) is 9.30. The lowest BCUT2D eigenvalue weighted by Crippen LogP contribution is -2.29. The summed E-state index contributed by atoms with van der Waals surface area (Å²) in [6.07, 6.45) is -2.75. The Morgan fingerprint density at radius 2 is 1.75 bits per heavy atom. The van der Waals surface area contributed by atoms with Gasteiger partial charge < -0.3 is 10.1 Å². The fourth-order valence-corrected chi connectivity index (χ4v) is 1.92. The van der Waals surface area contributed by atoms with Crippen LogP contribution in [-0.2, 0) is 6.42 Å². The number of benzene rings is 1. The molecule has 0 bridgehead atoms. The minimum Gasteiger partial charge on any atom is -0.406 e. The molecule has 0 heterocycles. The molecule has 1 N–H and O–H groups in total. The maximum absolute atomic E-state index is 12.1. The molecule has 2 nitrogen and oxygen atoms in total. The molecular weight excluding hydrogens is 267 g/mol. The first-order valence-corrected chi connectivity index (χ1v) is 6.88. The molecule has 1 aromatic rings. The molecule has 5 heteroatoms. The fourth-order valence-electron chi connectivity index (χ4n) is 1.92. The second-order valence-corrected chi connectivity index (χ2v) is 5.23.